The van der Waals surface area contributed by atoms with E-state index in [1.807, 2.05) is 34.5 Å². The number of hydrogen-bond donors (Lipinski definition) is 0. The first-order chi connectivity index (χ1) is 15.8. The number of pyridine rings is 1. The van der Waals surface area contributed by atoms with E-state index < -0.39 is 11.7 Å². The van der Waals surface area contributed by atoms with Crippen LogP contribution in [0.2, 0.25) is 0 Å². The van der Waals surface area contributed by atoms with Gasteiger partial charge in [0.1, 0.15) is 17.2 Å². The quantitative estimate of drug-likeness (QED) is 0.451. The Morgan fingerprint density at radius 2 is 1.85 bits per heavy atom. The fourth-order valence-electron chi connectivity index (χ4n) is 4.10. The highest BCUT2D eigenvalue weighted by Crippen LogP contribution is 2.34. The topological polar surface area (TPSA) is 70.7 Å². The molecule has 4 aromatic rings. The third-order valence-corrected chi connectivity index (χ3v) is 5.83. The number of aryl methyl sites for hydroxylation is 2. The van der Waals surface area contributed by atoms with Crippen molar-refractivity contribution in [1.82, 2.24) is 29.3 Å². The van der Waals surface area contributed by atoms with Crippen molar-refractivity contribution in [3.8, 4) is 23.1 Å². The van der Waals surface area contributed by atoms with E-state index in [1.165, 1.54) is 0 Å². The SMILES string of the molecule is COc1nc(-c2nc3n(n2)CC[C@H](c2ccc(C(F)(F)F)cc2)C3)ccc1-n1cnc(C)c1. The van der Waals surface area contributed by atoms with Gasteiger partial charge < -0.3 is 9.30 Å². The lowest BCUT2D eigenvalue weighted by Gasteiger charge is -2.22. The van der Waals surface area contributed by atoms with Crippen LogP contribution in [0.3, 0.4) is 0 Å². The highest BCUT2D eigenvalue weighted by molar-refractivity contribution is 5.55. The smallest absolute Gasteiger partial charge is 0.416 e. The summed E-state index contributed by atoms with van der Waals surface area (Å²) >= 11 is 0. The van der Waals surface area contributed by atoms with Crippen molar-refractivity contribution in [1.29, 1.82) is 0 Å². The van der Waals surface area contributed by atoms with E-state index in [0.717, 1.165) is 41.3 Å². The van der Waals surface area contributed by atoms with E-state index >= 15 is 0 Å². The van der Waals surface area contributed by atoms with Crippen LogP contribution < -0.4 is 4.74 Å². The van der Waals surface area contributed by atoms with Crippen molar-refractivity contribution < 1.29 is 17.9 Å². The number of halogens is 3. The minimum atomic E-state index is -4.33. The van der Waals surface area contributed by atoms with Crippen molar-refractivity contribution in [3.63, 3.8) is 0 Å². The molecule has 3 aromatic heterocycles. The maximum absolute atomic E-state index is 12.9. The van der Waals surface area contributed by atoms with Gasteiger partial charge in [-0.2, -0.15) is 13.2 Å². The first-order valence-corrected chi connectivity index (χ1v) is 10.5. The van der Waals surface area contributed by atoms with Gasteiger partial charge in [-0.25, -0.2) is 19.6 Å². The molecule has 170 valence electrons. The zero-order chi connectivity index (χ0) is 23.2. The standard InChI is InChI=1S/C23H21F3N6O/c1-14-12-31(13-27-14)19-8-7-18(28-22(19)33-2)21-29-20-11-16(9-10-32(20)30-21)15-3-5-17(6-4-15)23(24,25)26/h3-8,12-13,16H,9-11H2,1-2H3/t16-/m0/s1. The van der Waals surface area contributed by atoms with Gasteiger partial charge in [0.2, 0.25) is 5.88 Å². The van der Waals surface area contributed by atoms with E-state index in [1.54, 1.807) is 25.6 Å². The van der Waals surface area contributed by atoms with Crippen molar-refractivity contribution in [3.05, 3.63) is 71.6 Å². The molecule has 5 rings (SSSR count). The molecule has 0 saturated heterocycles. The third kappa shape index (κ3) is 4.08. The van der Waals surface area contributed by atoms with E-state index in [2.05, 4.69) is 20.1 Å². The minimum Gasteiger partial charge on any atom is -0.479 e. The summed E-state index contributed by atoms with van der Waals surface area (Å²) in [5.74, 6) is 1.80. The van der Waals surface area contributed by atoms with Crippen molar-refractivity contribution in [2.24, 2.45) is 0 Å². The van der Waals surface area contributed by atoms with Crippen molar-refractivity contribution in [2.75, 3.05) is 7.11 Å². The monoisotopic (exact) mass is 454 g/mol. The number of ether oxygens (including phenoxy) is 1. The molecule has 0 fully saturated rings. The van der Waals surface area contributed by atoms with E-state index in [4.69, 9.17) is 4.74 Å². The van der Waals surface area contributed by atoms with Gasteiger partial charge in [-0.05, 0) is 49.1 Å². The minimum absolute atomic E-state index is 0.0891. The van der Waals surface area contributed by atoms with E-state index in [-0.39, 0.29) is 5.92 Å². The number of hydrogen-bond acceptors (Lipinski definition) is 5. The molecular formula is C23H21F3N6O. The molecule has 10 heteroatoms. The Morgan fingerprint density at radius 1 is 1.06 bits per heavy atom. The van der Waals surface area contributed by atoms with Crippen molar-refractivity contribution >= 4 is 0 Å². The molecule has 0 unspecified atom stereocenters. The highest BCUT2D eigenvalue weighted by Gasteiger charge is 2.31. The fourth-order valence-corrected chi connectivity index (χ4v) is 4.10. The Kier molecular flexibility index (Phi) is 5.15. The summed E-state index contributed by atoms with van der Waals surface area (Å²) in [5, 5.41) is 4.60. The molecule has 0 spiro atoms. The number of alkyl halides is 3. The summed E-state index contributed by atoms with van der Waals surface area (Å²) in [6, 6.07) is 9.11. The van der Waals surface area contributed by atoms with E-state index in [9.17, 15) is 13.2 Å². The first kappa shape index (κ1) is 21.2. The predicted octanol–water partition coefficient (Wildman–Crippen LogP) is 4.59. The number of nitrogens with zero attached hydrogens (tertiary/aromatic N) is 6. The fraction of sp³-hybridized carbons (Fsp3) is 0.304. The molecule has 33 heavy (non-hydrogen) atoms. The third-order valence-electron chi connectivity index (χ3n) is 5.83. The van der Waals surface area contributed by atoms with Crippen LogP contribution in [-0.2, 0) is 19.1 Å². The lowest BCUT2D eigenvalue weighted by Crippen LogP contribution is -2.19. The zero-order valence-corrected chi connectivity index (χ0v) is 18.0. The van der Waals surface area contributed by atoms with Gasteiger partial charge >= 0.3 is 6.18 Å². The number of methoxy groups -OCH3 is 1. The Bertz CT molecular complexity index is 1290. The van der Waals surface area contributed by atoms with Crippen LogP contribution in [0.5, 0.6) is 5.88 Å². The van der Waals surface area contributed by atoms with Crippen LogP contribution in [0, 0.1) is 6.92 Å². The normalized spacial score (nSPS) is 16.0. The average Bonchev–Trinajstić information content (AvgIpc) is 3.43. The number of fused-ring (bicyclic) bond motifs is 1. The molecule has 0 bridgehead atoms. The molecule has 0 radical (unpaired) electrons. The summed E-state index contributed by atoms with van der Waals surface area (Å²) in [6.07, 6.45) is 0.622. The van der Waals surface area contributed by atoms with Crippen LogP contribution in [0.1, 0.15) is 35.0 Å². The second kappa shape index (κ2) is 8.02. The van der Waals surface area contributed by atoms with Crippen LogP contribution in [-0.4, -0.2) is 36.4 Å². The van der Waals surface area contributed by atoms with Crippen LogP contribution in [0.15, 0.2) is 48.9 Å². The Morgan fingerprint density at radius 3 is 2.52 bits per heavy atom. The molecule has 0 amide bonds. The summed E-state index contributed by atoms with van der Waals surface area (Å²) in [5.41, 5.74) is 2.46. The molecule has 1 atom stereocenters. The van der Waals surface area contributed by atoms with Gasteiger partial charge in [0.05, 0.1) is 24.7 Å². The van der Waals surface area contributed by atoms with E-state index in [0.29, 0.717) is 30.4 Å². The van der Waals surface area contributed by atoms with Gasteiger partial charge in [-0.1, -0.05) is 12.1 Å². The summed E-state index contributed by atoms with van der Waals surface area (Å²) in [6.45, 7) is 2.54. The van der Waals surface area contributed by atoms with Crippen LogP contribution in [0.4, 0.5) is 13.2 Å². The summed E-state index contributed by atoms with van der Waals surface area (Å²) < 4.78 is 47.7. The number of rotatable bonds is 4. The largest absolute Gasteiger partial charge is 0.479 e. The maximum Gasteiger partial charge on any atom is 0.416 e. The van der Waals surface area contributed by atoms with Gasteiger partial charge in [0, 0.05) is 19.2 Å². The molecule has 4 heterocycles. The molecule has 0 saturated carbocycles. The molecule has 0 N–H and O–H groups in total. The van der Waals surface area contributed by atoms with Gasteiger partial charge in [0.25, 0.3) is 0 Å². The lowest BCUT2D eigenvalue weighted by molar-refractivity contribution is -0.137. The maximum atomic E-state index is 12.9. The molecule has 0 aliphatic carbocycles. The zero-order valence-electron chi connectivity index (χ0n) is 18.0. The van der Waals surface area contributed by atoms with Crippen LogP contribution >= 0.6 is 0 Å². The number of aromatic nitrogens is 6. The molecule has 1 aromatic carbocycles. The van der Waals surface area contributed by atoms with Gasteiger partial charge in [-0.3, -0.25) is 0 Å². The van der Waals surface area contributed by atoms with Gasteiger partial charge in [-0.15, -0.1) is 5.10 Å². The number of imidazole rings is 1. The Hall–Kier alpha value is -3.69. The predicted molar refractivity (Wildman–Crippen MR) is 114 cm³/mol. The van der Waals surface area contributed by atoms with Crippen LogP contribution in [0.25, 0.3) is 17.2 Å². The lowest BCUT2D eigenvalue weighted by atomic mass is 9.89. The second-order valence-corrected chi connectivity index (χ2v) is 8.03. The molecule has 1 aliphatic rings. The Labute approximate surface area is 187 Å². The van der Waals surface area contributed by atoms with Gasteiger partial charge in [0.15, 0.2) is 5.82 Å². The number of benzene rings is 1. The molecular weight excluding hydrogens is 433 g/mol. The first-order valence-electron chi connectivity index (χ1n) is 10.5. The second-order valence-electron chi connectivity index (χ2n) is 8.03. The molecule has 1 aliphatic heterocycles. The average molecular weight is 454 g/mol. The highest BCUT2D eigenvalue weighted by atomic mass is 19.4. The summed E-state index contributed by atoms with van der Waals surface area (Å²) in [7, 11) is 1.56. The van der Waals surface area contributed by atoms with Crippen molar-refractivity contribution in [2.45, 2.75) is 38.4 Å². The summed E-state index contributed by atoms with van der Waals surface area (Å²) in [4.78, 5) is 13.5. The molecule has 7 nitrogen and oxygen atoms in total. The Balaban J connectivity index is 1.39.